The van der Waals surface area contributed by atoms with E-state index in [1.165, 1.54) is 18.3 Å². The lowest BCUT2D eigenvalue weighted by Crippen LogP contribution is -2.20. The second-order valence-corrected chi connectivity index (χ2v) is 9.48. The summed E-state index contributed by atoms with van der Waals surface area (Å²) in [7, 11) is 0. The summed E-state index contributed by atoms with van der Waals surface area (Å²) in [5, 5.41) is 13.3. The van der Waals surface area contributed by atoms with Crippen LogP contribution in [0.25, 0.3) is 22.3 Å². The molecule has 0 fully saturated rings. The van der Waals surface area contributed by atoms with Crippen molar-refractivity contribution in [3.05, 3.63) is 89.3 Å². The normalized spacial score (nSPS) is 11.7. The molecule has 0 atom stereocenters. The smallest absolute Gasteiger partial charge is 0.416 e. The van der Waals surface area contributed by atoms with Gasteiger partial charge in [0.25, 0.3) is 5.56 Å². The van der Waals surface area contributed by atoms with Crippen LogP contribution in [-0.2, 0) is 6.18 Å². The molecule has 1 heterocycles. The number of nitriles is 1. The largest absolute Gasteiger partial charge is 0.477 e. The van der Waals surface area contributed by atoms with Gasteiger partial charge in [0.1, 0.15) is 11.8 Å². The van der Waals surface area contributed by atoms with Crippen molar-refractivity contribution in [2.75, 3.05) is 6.61 Å². The Morgan fingerprint density at radius 2 is 1.80 bits per heavy atom. The first-order chi connectivity index (χ1) is 16.7. The van der Waals surface area contributed by atoms with Gasteiger partial charge in [-0.05, 0) is 87.1 Å². The average Bonchev–Trinajstić information content (AvgIpc) is 2.82. The van der Waals surface area contributed by atoms with Crippen molar-refractivity contribution in [1.29, 1.82) is 5.26 Å². The number of fused-ring (bicyclic) bond motifs is 1. The standard InChI is InChI=1S/C24H13F3I2N4O2/c25-24(26,27)16-5-3-4-15(12-16)22-32-20-7-2-1-6-17(20)23(34)33(22)31-13-14-10-18(28)21(19(29)11-14)35-9-8-30/h1-7,10-13H,9H2. The highest BCUT2D eigenvalue weighted by atomic mass is 127. The maximum absolute atomic E-state index is 13.3. The molecule has 176 valence electrons. The molecule has 0 aliphatic rings. The summed E-state index contributed by atoms with van der Waals surface area (Å²) in [4.78, 5) is 17.7. The lowest BCUT2D eigenvalue weighted by atomic mass is 10.1. The molecule has 35 heavy (non-hydrogen) atoms. The first kappa shape index (κ1) is 25.1. The van der Waals surface area contributed by atoms with E-state index in [9.17, 15) is 18.0 Å². The molecular weight excluding hydrogens is 687 g/mol. The van der Waals surface area contributed by atoms with Crippen LogP contribution < -0.4 is 10.3 Å². The summed E-state index contributed by atoms with van der Waals surface area (Å²) in [5.41, 5.74) is -0.301. The molecule has 0 aliphatic heterocycles. The fraction of sp³-hybridized carbons (Fsp3) is 0.0833. The van der Waals surface area contributed by atoms with E-state index < -0.39 is 17.3 Å². The maximum Gasteiger partial charge on any atom is 0.416 e. The van der Waals surface area contributed by atoms with Gasteiger partial charge in [0.05, 0.1) is 29.8 Å². The molecule has 3 aromatic carbocycles. The number of rotatable bonds is 5. The Morgan fingerprint density at radius 1 is 1.09 bits per heavy atom. The Kier molecular flexibility index (Phi) is 7.41. The van der Waals surface area contributed by atoms with E-state index in [0.29, 0.717) is 16.8 Å². The summed E-state index contributed by atoms with van der Waals surface area (Å²) in [6.07, 6.45) is -3.13. The summed E-state index contributed by atoms with van der Waals surface area (Å²) in [6.45, 7) is -0.0993. The summed E-state index contributed by atoms with van der Waals surface area (Å²) >= 11 is 4.13. The number of hydrogen-bond acceptors (Lipinski definition) is 5. The van der Waals surface area contributed by atoms with E-state index in [0.717, 1.165) is 23.9 Å². The average molecular weight is 700 g/mol. The van der Waals surface area contributed by atoms with Crippen LogP contribution >= 0.6 is 45.2 Å². The van der Waals surface area contributed by atoms with Gasteiger partial charge in [-0.1, -0.05) is 24.3 Å². The van der Waals surface area contributed by atoms with Gasteiger partial charge in [0, 0.05) is 5.56 Å². The van der Waals surface area contributed by atoms with Gasteiger partial charge in [-0.25, -0.2) is 4.98 Å². The Morgan fingerprint density at radius 3 is 2.49 bits per heavy atom. The third kappa shape index (κ3) is 5.48. The van der Waals surface area contributed by atoms with Crippen molar-refractivity contribution >= 4 is 62.3 Å². The Labute approximate surface area is 224 Å². The highest BCUT2D eigenvalue weighted by Gasteiger charge is 2.31. The molecule has 0 spiro atoms. The molecule has 0 radical (unpaired) electrons. The van der Waals surface area contributed by atoms with E-state index in [-0.39, 0.29) is 23.4 Å². The van der Waals surface area contributed by atoms with E-state index in [1.54, 1.807) is 36.4 Å². The van der Waals surface area contributed by atoms with Gasteiger partial charge in [-0.3, -0.25) is 4.79 Å². The molecule has 4 rings (SSSR count). The van der Waals surface area contributed by atoms with Crippen LogP contribution in [0.4, 0.5) is 13.2 Å². The van der Waals surface area contributed by atoms with Crippen LogP contribution in [0.2, 0.25) is 0 Å². The number of hydrogen-bond donors (Lipinski definition) is 0. The van der Waals surface area contributed by atoms with Gasteiger partial charge in [-0.15, -0.1) is 0 Å². The number of ether oxygens (including phenoxy) is 1. The molecule has 11 heteroatoms. The maximum atomic E-state index is 13.3. The zero-order valence-electron chi connectivity index (χ0n) is 17.6. The number of halogens is 5. The van der Waals surface area contributed by atoms with Crippen LogP contribution in [0.1, 0.15) is 11.1 Å². The fourth-order valence-electron chi connectivity index (χ4n) is 3.27. The molecule has 0 saturated carbocycles. The SMILES string of the molecule is N#CCOc1c(I)cc(C=Nn2c(-c3cccc(C(F)(F)F)c3)nc3ccccc3c2=O)cc1I. The molecule has 4 aromatic rings. The van der Waals surface area contributed by atoms with E-state index >= 15 is 0 Å². The van der Waals surface area contributed by atoms with Gasteiger partial charge < -0.3 is 4.74 Å². The van der Waals surface area contributed by atoms with Gasteiger partial charge in [-0.2, -0.15) is 28.2 Å². The highest BCUT2D eigenvalue weighted by molar-refractivity contribution is 14.1. The second kappa shape index (κ2) is 10.3. The van der Waals surface area contributed by atoms with Crippen molar-refractivity contribution in [2.24, 2.45) is 5.10 Å². The zero-order valence-corrected chi connectivity index (χ0v) is 21.9. The fourth-order valence-corrected chi connectivity index (χ4v) is 5.40. The Balaban J connectivity index is 1.87. The predicted molar refractivity (Wildman–Crippen MR) is 142 cm³/mol. The first-order valence-corrected chi connectivity index (χ1v) is 12.1. The minimum atomic E-state index is -4.55. The number of benzene rings is 3. The van der Waals surface area contributed by atoms with Crippen molar-refractivity contribution in [1.82, 2.24) is 9.66 Å². The van der Waals surface area contributed by atoms with Crippen molar-refractivity contribution < 1.29 is 17.9 Å². The van der Waals surface area contributed by atoms with Crippen molar-refractivity contribution in [3.8, 4) is 23.2 Å². The number of alkyl halides is 3. The summed E-state index contributed by atoms with van der Waals surface area (Å²) < 4.78 is 47.9. The summed E-state index contributed by atoms with van der Waals surface area (Å²) in [6, 6.07) is 16.6. The Bertz CT molecular complexity index is 1540. The lowest BCUT2D eigenvalue weighted by molar-refractivity contribution is -0.137. The van der Waals surface area contributed by atoms with Crippen LogP contribution in [-0.4, -0.2) is 22.5 Å². The van der Waals surface area contributed by atoms with Crippen LogP contribution in [0, 0.1) is 18.5 Å². The molecule has 0 N–H and O–H groups in total. The number of para-hydroxylation sites is 1. The molecule has 6 nitrogen and oxygen atoms in total. The molecule has 0 aliphatic carbocycles. The van der Waals surface area contributed by atoms with E-state index in [4.69, 9.17) is 10.00 Å². The Hall–Kier alpha value is -2.99. The third-order valence-electron chi connectivity index (χ3n) is 4.83. The quantitative estimate of drug-likeness (QED) is 0.187. The summed E-state index contributed by atoms with van der Waals surface area (Å²) in [5.74, 6) is 0.536. The minimum absolute atomic E-state index is 0.0191. The van der Waals surface area contributed by atoms with Crippen molar-refractivity contribution in [3.63, 3.8) is 0 Å². The van der Waals surface area contributed by atoms with Crippen LogP contribution in [0.15, 0.2) is 70.6 Å². The van der Waals surface area contributed by atoms with Gasteiger partial charge >= 0.3 is 6.18 Å². The van der Waals surface area contributed by atoms with E-state index in [2.05, 4.69) is 55.3 Å². The molecule has 0 saturated heterocycles. The van der Waals surface area contributed by atoms with Crippen molar-refractivity contribution in [2.45, 2.75) is 6.18 Å². The van der Waals surface area contributed by atoms with Crippen LogP contribution in [0.3, 0.4) is 0 Å². The minimum Gasteiger partial charge on any atom is -0.477 e. The molecular formula is C24H13F3I2N4O2. The van der Waals surface area contributed by atoms with E-state index in [1.807, 2.05) is 6.07 Å². The monoisotopic (exact) mass is 700 g/mol. The highest BCUT2D eigenvalue weighted by Crippen LogP contribution is 2.32. The second-order valence-electron chi connectivity index (χ2n) is 7.15. The third-order valence-corrected chi connectivity index (χ3v) is 6.43. The first-order valence-electron chi connectivity index (χ1n) is 9.91. The molecule has 0 amide bonds. The van der Waals surface area contributed by atoms with Crippen LogP contribution in [0.5, 0.6) is 5.75 Å². The zero-order chi connectivity index (χ0) is 25.2. The molecule has 0 unspecified atom stereocenters. The lowest BCUT2D eigenvalue weighted by Gasteiger charge is -2.12. The number of nitrogens with zero attached hydrogens (tertiary/aromatic N) is 4. The van der Waals surface area contributed by atoms with Gasteiger partial charge in [0.15, 0.2) is 12.4 Å². The molecule has 1 aromatic heterocycles. The topological polar surface area (TPSA) is 80.3 Å². The predicted octanol–water partition coefficient (Wildman–Crippen LogP) is 6.08. The van der Waals surface area contributed by atoms with Gasteiger partial charge in [0.2, 0.25) is 0 Å². The molecule has 0 bridgehead atoms. The number of aromatic nitrogens is 2.